The highest BCUT2D eigenvalue weighted by molar-refractivity contribution is 5.86. The molecule has 1 aromatic rings. The van der Waals surface area contributed by atoms with E-state index < -0.39 is 0 Å². The van der Waals surface area contributed by atoms with E-state index in [1.54, 1.807) is 11.1 Å². The Labute approximate surface area is 110 Å². The van der Waals surface area contributed by atoms with Crippen LogP contribution in [-0.2, 0) is 6.42 Å². The van der Waals surface area contributed by atoms with Gasteiger partial charge in [0.25, 0.3) is 0 Å². The zero-order valence-electron chi connectivity index (χ0n) is 11.2. The van der Waals surface area contributed by atoms with Crippen LogP contribution in [0, 0.1) is 0 Å². The molecule has 0 bridgehead atoms. The molecule has 3 rings (SSSR count). The number of benzene rings is 1. The third kappa shape index (κ3) is 2.22. The number of fused-ring (bicyclic) bond motifs is 3. The van der Waals surface area contributed by atoms with Gasteiger partial charge in [-0.1, -0.05) is 31.2 Å². The third-order valence-electron chi connectivity index (χ3n) is 4.20. The van der Waals surface area contributed by atoms with Gasteiger partial charge in [0.1, 0.15) is 0 Å². The molecular weight excluding hydrogens is 220 g/mol. The van der Waals surface area contributed by atoms with Gasteiger partial charge in [-0.05, 0) is 30.4 Å². The average molecular weight is 242 g/mol. The van der Waals surface area contributed by atoms with Crippen LogP contribution >= 0.6 is 0 Å². The predicted molar refractivity (Wildman–Crippen MR) is 76.3 cm³/mol. The lowest BCUT2D eigenvalue weighted by molar-refractivity contribution is 0.180. The van der Waals surface area contributed by atoms with E-state index in [1.165, 1.54) is 31.6 Å². The molecule has 2 aliphatic heterocycles. The molecule has 0 aromatic heterocycles. The Morgan fingerprint density at radius 3 is 2.94 bits per heavy atom. The Bertz CT molecular complexity index is 450. The Balaban J connectivity index is 1.84. The monoisotopic (exact) mass is 242 g/mol. The van der Waals surface area contributed by atoms with Gasteiger partial charge in [0.05, 0.1) is 0 Å². The van der Waals surface area contributed by atoms with E-state index in [0.29, 0.717) is 6.04 Å². The predicted octanol–water partition coefficient (Wildman–Crippen LogP) is 3.23. The van der Waals surface area contributed by atoms with Crippen LogP contribution in [0.1, 0.15) is 43.4 Å². The fourth-order valence-electron chi connectivity index (χ4n) is 3.22. The molecule has 1 saturated heterocycles. The highest BCUT2D eigenvalue weighted by Gasteiger charge is 2.31. The molecule has 96 valence electrons. The molecule has 18 heavy (non-hydrogen) atoms. The first-order valence-corrected chi connectivity index (χ1v) is 7.22. The molecule has 1 fully saturated rings. The van der Waals surface area contributed by atoms with Crippen molar-refractivity contribution in [2.45, 2.75) is 38.6 Å². The molecule has 2 nitrogen and oxygen atoms in total. The highest BCUT2D eigenvalue weighted by atomic mass is 15.2. The molecule has 2 heteroatoms. The van der Waals surface area contributed by atoms with Crippen LogP contribution in [0.5, 0.6) is 0 Å². The summed E-state index contributed by atoms with van der Waals surface area (Å²) in [5.41, 5.74) is 4.54. The summed E-state index contributed by atoms with van der Waals surface area (Å²) in [5.74, 6) is 0. The zero-order valence-corrected chi connectivity index (χ0v) is 11.2. The molecule has 0 amide bonds. The van der Waals surface area contributed by atoms with Crippen LogP contribution in [0.25, 0.3) is 0 Å². The maximum absolute atomic E-state index is 4.76. The molecule has 1 atom stereocenters. The highest BCUT2D eigenvalue weighted by Crippen LogP contribution is 2.35. The number of hydrogen-bond donors (Lipinski definition) is 0. The van der Waals surface area contributed by atoms with E-state index in [2.05, 4.69) is 36.1 Å². The second-order valence-electron chi connectivity index (χ2n) is 5.40. The van der Waals surface area contributed by atoms with Gasteiger partial charge in [-0.15, -0.1) is 0 Å². The molecule has 0 unspecified atom stereocenters. The fourth-order valence-corrected chi connectivity index (χ4v) is 3.22. The summed E-state index contributed by atoms with van der Waals surface area (Å²) in [6, 6.07) is 9.56. The number of hydrogen-bond acceptors (Lipinski definition) is 2. The summed E-state index contributed by atoms with van der Waals surface area (Å²) in [6.07, 6.45) is 4.71. The number of aliphatic imine (C=N–C) groups is 1. The summed E-state index contributed by atoms with van der Waals surface area (Å²) >= 11 is 0. The maximum Gasteiger partial charge on any atom is 0.0403 e. The molecule has 1 aromatic carbocycles. The fraction of sp³-hybridized carbons (Fsp3) is 0.562. The normalized spacial score (nSPS) is 25.8. The van der Waals surface area contributed by atoms with Gasteiger partial charge in [0, 0.05) is 37.8 Å². The van der Waals surface area contributed by atoms with E-state index in [1.807, 2.05) is 0 Å². The lowest BCUT2D eigenvalue weighted by Gasteiger charge is -2.41. The lowest BCUT2D eigenvalue weighted by Crippen LogP contribution is -2.41. The summed E-state index contributed by atoms with van der Waals surface area (Å²) in [7, 11) is 0. The molecule has 2 aliphatic rings. The second kappa shape index (κ2) is 5.23. The smallest absolute Gasteiger partial charge is 0.0403 e. The summed E-state index contributed by atoms with van der Waals surface area (Å²) in [6.45, 7) is 5.63. The molecule has 0 saturated carbocycles. The van der Waals surface area contributed by atoms with Crippen molar-refractivity contribution in [3.63, 3.8) is 0 Å². The maximum atomic E-state index is 4.76. The Kier molecular flexibility index (Phi) is 3.46. The van der Waals surface area contributed by atoms with Crippen LogP contribution in [0.15, 0.2) is 29.3 Å². The van der Waals surface area contributed by atoms with Crippen LogP contribution in [-0.4, -0.2) is 30.2 Å². The first-order valence-electron chi connectivity index (χ1n) is 7.22. The van der Waals surface area contributed by atoms with Crippen molar-refractivity contribution in [3.8, 4) is 0 Å². The van der Waals surface area contributed by atoms with E-state index in [9.17, 15) is 0 Å². The minimum Gasteiger partial charge on any atom is -0.295 e. The Morgan fingerprint density at radius 2 is 2.06 bits per heavy atom. The summed E-state index contributed by atoms with van der Waals surface area (Å²) in [5, 5.41) is 0. The Morgan fingerprint density at radius 1 is 1.22 bits per heavy atom. The molecule has 0 N–H and O–H groups in total. The van der Waals surface area contributed by atoms with Gasteiger partial charge in [0.15, 0.2) is 0 Å². The van der Waals surface area contributed by atoms with Gasteiger partial charge in [0.2, 0.25) is 0 Å². The minimum absolute atomic E-state index is 0.597. The minimum atomic E-state index is 0.597. The van der Waals surface area contributed by atoms with Crippen molar-refractivity contribution in [2.24, 2.45) is 4.99 Å². The molecule has 0 radical (unpaired) electrons. The largest absolute Gasteiger partial charge is 0.295 e. The van der Waals surface area contributed by atoms with Crippen molar-refractivity contribution in [1.82, 2.24) is 4.90 Å². The molecule has 0 spiro atoms. The topological polar surface area (TPSA) is 15.6 Å². The standard InChI is InChI=1S/C16H22N2/c1-2-9-17-14-8-11-18-10-7-13-5-3-4-6-15(13)16(18)12-14/h3-6,16H,2,7-12H2,1H3/t16-/m1/s1. The van der Waals surface area contributed by atoms with Gasteiger partial charge < -0.3 is 0 Å². The number of nitrogens with zero attached hydrogens (tertiary/aromatic N) is 2. The first-order chi connectivity index (χ1) is 8.88. The zero-order chi connectivity index (χ0) is 12.4. The third-order valence-corrected chi connectivity index (χ3v) is 4.20. The number of rotatable bonds is 2. The summed E-state index contributed by atoms with van der Waals surface area (Å²) < 4.78 is 0. The summed E-state index contributed by atoms with van der Waals surface area (Å²) in [4.78, 5) is 7.40. The Hall–Kier alpha value is -1.15. The molecule has 0 aliphatic carbocycles. The van der Waals surface area contributed by atoms with Gasteiger partial charge >= 0.3 is 0 Å². The van der Waals surface area contributed by atoms with E-state index in [4.69, 9.17) is 4.99 Å². The van der Waals surface area contributed by atoms with Crippen molar-refractivity contribution in [2.75, 3.05) is 19.6 Å². The quantitative estimate of drug-likeness (QED) is 0.777. The van der Waals surface area contributed by atoms with Gasteiger partial charge in [-0.2, -0.15) is 0 Å². The van der Waals surface area contributed by atoms with Crippen LogP contribution in [0.4, 0.5) is 0 Å². The average Bonchev–Trinajstić information content (AvgIpc) is 2.45. The first kappa shape index (κ1) is 11.9. The van der Waals surface area contributed by atoms with Gasteiger partial charge in [-0.3, -0.25) is 9.89 Å². The van der Waals surface area contributed by atoms with Gasteiger partial charge in [-0.25, -0.2) is 0 Å². The van der Waals surface area contributed by atoms with Crippen LogP contribution < -0.4 is 0 Å². The van der Waals surface area contributed by atoms with E-state index in [0.717, 1.165) is 19.4 Å². The SMILES string of the molecule is CCCN=C1CCN2CCc3ccccc3[C@H]2C1. The molecule has 2 heterocycles. The van der Waals surface area contributed by atoms with Crippen molar-refractivity contribution < 1.29 is 0 Å². The van der Waals surface area contributed by atoms with E-state index in [-0.39, 0.29) is 0 Å². The van der Waals surface area contributed by atoms with Crippen LogP contribution in [0.3, 0.4) is 0 Å². The van der Waals surface area contributed by atoms with Crippen molar-refractivity contribution in [3.05, 3.63) is 35.4 Å². The van der Waals surface area contributed by atoms with Crippen LogP contribution in [0.2, 0.25) is 0 Å². The lowest BCUT2D eigenvalue weighted by atomic mass is 9.86. The second-order valence-corrected chi connectivity index (χ2v) is 5.40. The van der Waals surface area contributed by atoms with E-state index >= 15 is 0 Å². The number of piperidine rings is 1. The van der Waals surface area contributed by atoms with Crippen molar-refractivity contribution >= 4 is 5.71 Å². The molecular formula is C16H22N2. The van der Waals surface area contributed by atoms with Crippen molar-refractivity contribution in [1.29, 1.82) is 0 Å².